The largest absolute Gasteiger partial charge is 0.412 e. The van der Waals surface area contributed by atoms with E-state index in [9.17, 15) is 26.3 Å². The quantitative estimate of drug-likeness (QED) is 0.215. The van der Waals surface area contributed by atoms with Gasteiger partial charge in [0.05, 0.1) is 38.6 Å². The van der Waals surface area contributed by atoms with Crippen LogP contribution in [0.15, 0.2) is 0 Å². The second kappa shape index (κ2) is 56.2. The van der Waals surface area contributed by atoms with Crippen molar-refractivity contribution in [1.82, 2.24) is 0 Å². The molecular weight excluding hydrogens is 1170 g/mol. The van der Waals surface area contributed by atoms with Gasteiger partial charge >= 0.3 is 0 Å². The smallest absolute Gasteiger partial charge is 0.154 e. The van der Waals surface area contributed by atoms with Crippen LogP contribution in [0.3, 0.4) is 0 Å². The second-order valence-electron chi connectivity index (χ2n) is 30.1. The summed E-state index contributed by atoms with van der Waals surface area (Å²) >= 11 is 0. The van der Waals surface area contributed by atoms with Gasteiger partial charge in [-0.2, -0.15) is 0 Å². The molecule has 10 N–H and O–H groups in total. The maximum atomic E-state index is 12.8. The minimum absolute atomic E-state index is 0. The van der Waals surface area contributed by atoms with Crippen LogP contribution in [-0.4, -0.2) is 129 Å². The molecule has 552 valence electrons. The summed E-state index contributed by atoms with van der Waals surface area (Å²) in [6.45, 7) is 44.8. The van der Waals surface area contributed by atoms with E-state index in [1.54, 1.807) is 20.8 Å². The van der Waals surface area contributed by atoms with Crippen LogP contribution in [0, 0.1) is 88.8 Å². The first-order valence-electron chi connectivity index (χ1n) is 35.5. The summed E-state index contributed by atoms with van der Waals surface area (Å²) in [7, 11) is 0. The fourth-order valence-electron chi connectivity index (χ4n) is 12.1. The van der Waals surface area contributed by atoms with Crippen molar-refractivity contribution in [2.24, 2.45) is 88.8 Å². The van der Waals surface area contributed by atoms with Crippen LogP contribution in [0.4, 0.5) is 26.3 Å². The molecule has 0 radical (unpaired) electrons. The molecule has 6 saturated carbocycles. The highest BCUT2D eigenvalue weighted by atomic mass is 19.2. The van der Waals surface area contributed by atoms with Crippen molar-refractivity contribution in [3.63, 3.8) is 0 Å². The molecule has 0 bridgehead atoms. The van der Waals surface area contributed by atoms with Crippen molar-refractivity contribution in [2.75, 3.05) is 39.6 Å². The van der Waals surface area contributed by atoms with Gasteiger partial charge in [0.15, 0.2) is 12.6 Å². The van der Waals surface area contributed by atoms with Crippen molar-refractivity contribution in [2.45, 2.75) is 341 Å². The lowest BCUT2D eigenvalue weighted by molar-refractivity contribution is -0.187. The summed E-state index contributed by atoms with van der Waals surface area (Å²) in [6.07, 6.45) is 23.0. The Labute approximate surface area is 551 Å². The summed E-state index contributed by atoms with van der Waals surface area (Å²) in [4.78, 5) is 0. The zero-order valence-electron chi connectivity index (χ0n) is 61.2. The first-order valence-corrected chi connectivity index (χ1v) is 35.5. The zero-order valence-corrected chi connectivity index (χ0v) is 61.2. The highest BCUT2D eigenvalue weighted by molar-refractivity contribution is 4.84. The SMILES string of the molecule is CC1CC(F)C(C)C(F)C1.CC1CCC(C)C(F)C1.CC1CCC(C)C(F)C1.CC1CCC(C)C(F)C1F.CC1CCC(C)CC1.CC1CCC(C)CC1.CC1CCC(C)OC1.CC1CCCCO1.CC1COC(C)OC1.CC1COC(C)OC1.O.O.O.O.O.[HH]. The van der Waals surface area contributed by atoms with Gasteiger partial charge in [0.2, 0.25) is 0 Å². The van der Waals surface area contributed by atoms with E-state index >= 15 is 0 Å². The Hall–Kier alpha value is -0.860. The van der Waals surface area contributed by atoms with Crippen LogP contribution in [0.25, 0.3) is 0 Å². The van der Waals surface area contributed by atoms with Gasteiger partial charge in [-0.1, -0.05) is 168 Å². The molecule has 4 aliphatic heterocycles. The van der Waals surface area contributed by atoms with Gasteiger partial charge in [0.1, 0.15) is 37.0 Å². The van der Waals surface area contributed by atoms with Gasteiger partial charge in [-0.15, -0.1) is 0 Å². The Balaban J connectivity index is -0.000000219. The van der Waals surface area contributed by atoms with E-state index in [-0.39, 0.29) is 65.1 Å². The average Bonchev–Trinajstić information content (AvgIpc) is 3.14. The third-order valence-electron chi connectivity index (χ3n) is 19.8. The number of alkyl halides is 6. The lowest BCUT2D eigenvalue weighted by Gasteiger charge is -2.30. The van der Waals surface area contributed by atoms with Crippen molar-refractivity contribution in [3.05, 3.63) is 0 Å². The Morgan fingerprint density at radius 2 is 0.522 bits per heavy atom. The molecule has 4 heterocycles. The van der Waals surface area contributed by atoms with E-state index < -0.39 is 37.0 Å². The molecule has 11 nitrogen and oxygen atoms in total. The van der Waals surface area contributed by atoms with Crippen molar-refractivity contribution in [1.29, 1.82) is 0 Å². The molecule has 17 heteroatoms. The number of ether oxygens (including phenoxy) is 6. The van der Waals surface area contributed by atoms with Gasteiger partial charge in [-0.3, -0.25) is 0 Å². The van der Waals surface area contributed by atoms with E-state index in [1.807, 2.05) is 34.6 Å². The van der Waals surface area contributed by atoms with E-state index in [0.29, 0.717) is 60.6 Å². The van der Waals surface area contributed by atoms with Gasteiger partial charge in [-0.05, 0) is 182 Å². The molecule has 10 rings (SSSR count). The van der Waals surface area contributed by atoms with Crippen LogP contribution in [0.2, 0.25) is 0 Å². The molecule has 0 amide bonds. The molecule has 90 heavy (non-hydrogen) atoms. The first-order chi connectivity index (χ1) is 40.0. The first kappa shape index (κ1) is 97.8. The zero-order chi connectivity index (χ0) is 64.2. The topological polar surface area (TPSA) is 213 Å². The Morgan fingerprint density at radius 1 is 0.244 bits per heavy atom. The minimum Gasteiger partial charge on any atom is -0.412 e. The Kier molecular flexibility index (Phi) is 61.1. The van der Waals surface area contributed by atoms with E-state index in [2.05, 4.69) is 76.2 Å². The molecule has 10 aliphatic rings. The second-order valence-corrected chi connectivity index (χ2v) is 30.1. The fraction of sp³-hybridized carbons (Fsp3) is 1.00. The van der Waals surface area contributed by atoms with Gasteiger partial charge in [0, 0.05) is 32.4 Å². The summed E-state index contributed by atoms with van der Waals surface area (Å²) < 4.78 is 108. The van der Waals surface area contributed by atoms with Crippen LogP contribution in [0.5, 0.6) is 0 Å². The van der Waals surface area contributed by atoms with Crippen LogP contribution in [0.1, 0.15) is 281 Å². The molecule has 0 spiro atoms. The number of hydrogen-bond donors (Lipinski definition) is 0. The normalized spacial score (nSPS) is 40.2. The van der Waals surface area contributed by atoms with Gasteiger partial charge in [0.25, 0.3) is 0 Å². The minimum atomic E-state index is -1.22. The predicted octanol–water partition coefficient (Wildman–Crippen LogP) is 18.2. The van der Waals surface area contributed by atoms with Gasteiger partial charge in [-0.25, -0.2) is 26.3 Å². The van der Waals surface area contributed by atoms with E-state index in [4.69, 9.17) is 28.4 Å². The third kappa shape index (κ3) is 47.9. The summed E-state index contributed by atoms with van der Waals surface area (Å²) in [5, 5.41) is 0. The van der Waals surface area contributed by atoms with Crippen LogP contribution in [-0.2, 0) is 28.4 Å². The van der Waals surface area contributed by atoms with Crippen molar-refractivity contribution < 1.29 is 83.6 Å². The average molecular weight is 1320 g/mol. The number of halogens is 6. The third-order valence-corrected chi connectivity index (χ3v) is 19.8. The molecule has 10 fully saturated rings. The number of rotatable bonds is 0. The van der Waals surface area contributed by atoms with E-state index in [0.717, 1.165) is 108 Å². The number of hydrogen-bond acceptors (Lipinski definition) is 6. The van der Waals surface area contributed by atoms with Crippen LogP contribution < -0.4 is 0 Å². The molecule has 15 unspecified atom stereocenters. The molecule has 0 aromatic heterocycles. The Bertz CT molecular complexity index is 1320. The summed E-state index contributed by atoms with van der Waals surface area (Å²) in [5.74, 6) is 7.60. The molecule has 0 aromatic carbocycles. The highest BCUT2D eigenvalue weighted by Gasteiger charge is 2.36. The summed E-state index contributed by atoms with van der Waals surface area (Å²) in [6, 6.07) is 0. The van der Waals surface area contributed by atoms with E-state index in [1.165, 1.54) is 96.3 Å². The van der Waals surface area contributed by atoms with Crippen molar-refractivity contribution in [3.8, 4) is 0 Å². The molecular formula is C73H152F6O11. The van der Waals surface area contributed by atoms with Crippen LogP contribution >= 0.6 is 0 Å². The fourth-order valence-corrected chi connectivity index (χ4v) is 12.1. The summed E-state index contributed by atoms with van der Waals surface area (Å²) in [5.41, 5.74) is 0. The lowest BCUT2D eigenvalue weighted by Crippen LogP contribution is -2.35. The lowest BCUT2D eigenvalue weighted by atomic mass is 9.81. The molecule has 4 saturated heterocycles. The van der Waals surface area contributed by atoms with Crippen molar-refractivity contribution >= 4 is 0 Å². The standard InChI is InChI=1S/2C8H14F2.2C8H15F.2C8H16.C7H14O.2C6H12O2.C6H12O.5H2O.H2/c1-5-3-7(9)6(2)8(10)4-5;1-5-3-4-6(2)8(10)7(5)9;2*1-6-3-4-7(2)8(9)5-6;2*1-7-3-5-8(2)6-4-7;1-6-3-4-7(2)8-5-6;2*1-5-3-7-6(2)8-4-5;1-6-4-2-3-5-7-6;;;;;;/h2*5-8H,3-4H2,1-2H3;2*6-8H,3-5H2,1-2H3;2*7-8H,3-6H2,1-2H3;6-7H,3-5H2,1-2H3;2*5-6H,3-4H2,1-2H3;6H,2-5H2,1H3;5*1H2;1H. The maximum absolute atomic E-state index is 12.8. The molecule has 15 atom stereocenters. The molecule has 0 aromatic rings. The monoisotopic (exact) mass is 1320 g/mol. The molecule has 6 aliphatic carbocycles. The van der Waals surface area contributed by atoms with Gasteiger partial charge < -0.3 is 55.8 Å². The highest BCUT2D eigenvalue weighted by Crippen LogP contribution is 2.35. The Morgan fingerprint density at radius 3 is 0.756 bits per heavy atom. The maximum Gasteiger partial charge on any atom is 0.154 e. The predicted molar refractivity (Wildman–Crippen MR) is 367 cm³/mol.